The number of hydrogen-bond donors (Lipinski definition) is 0. The summed E-state index contributed by atoms with van der Waals surface area (Å²) < 4.78 is 0. The van der Waals surface area contributed by atoms with Crippen molar-refractivity contribution in [2.45, 2.75) is 0 Å². The summed E-state index contributed by atoms with van der Waals surface area (Å²) in [6.45, 7) is 0. The van der Waals surface area contributed by atoms with Crippen molar-refractivity contribution in [2.24, 2.45) is 0 Å². The van der Waals surface area contributed by atoms with E-state index in [9.17, 15) is 0 Å². The third kappa shape index (κ3) is 9.32. The van der Waals surface area contributed by atoms with Crippen LogP contribution < -0.4 is 0 Å². The van der Waals surface area contributed by atoms with Crippen LogP contribution >= 0.6 is 31.7 Å². The fourth-order valence-electron chi connectivity index (χ4n) is 0.925. The molecule has 0 nitrogen and oxygen atoms in total. The van der Waals surface area contributed by atoms with Gasteiger partial charge in [0.25, 0.3) is 0 Å². The van der Waals surface area contributed by atoms with Crippen LogP contribution in [0.3, 0.4) is 0 Å². The van der Waals surface area contributed by atoms with Crippen LogP contribution in [0.5, 0.6) is 0 Å². The number of hydrogen-bond acceptors (Lipinski definition) is 0. The zero-order valence-corrected chi connectivity index (χ0v) is 14.6. The molecular weight excluding hydrogens is 354 g/mol. The maximum absolute atomic E-state index is 3.12. The Bertz CT molecular complexity index is 85.6. The first-order valence-corrected chi connectivity index (χ1v) is 14.1. The van der Waals surface area contributed by atoms with Crippen LogP contribution in [0.15, 0.2) is 0 Å². The molecule has 0 aliphatic heterocycles. The Balaban J connectivity index is 3.40. The molecule has 0 aliphatic rings. The molecule has 0 fully saturated rings. The first kappa shape index (κ1) is 14.8. The Labute approximate surface area is 99.3 Å². The van der Waals surface area contributed by atoms with Gasteiger partial charge in [-0.2, -0.15) is 0 Å². The third-order valence-electron chi connectivity index (χ3n) is 1.51. The molecule has 0 heterocycles. The normalized spacial score (nSPS) is 15.2. The van der Waals surface area contributed by atoms with Crippen LogP contribution in [0, 0.1) is 0 Å². The van der Waals surface area contributed by atoms with Crippen molar-refractivity contribution in [3.63, 3.8) is 0 Å². The summed E-state index contributed by atoms with van der Waals surface area (Å²) in [5.41, 5.74) is 0. The second-order valence-electron chi connectivity index (χ2n) is 2.42. The van der Waals surface area contributed by atoms with Gasteiger partial charge in [0.1, 0.15) is 0 Å². The van der Waals surface area contributed by atoms with E-state index < -0.39 is 0 Å². The van der Waals surface area contributed by atoms with Crippen LogP contribution in [0.25, 0.3) is 0 Å². The quantitative estimate of drug-likeness (QED) is 0.452. The molecule has 0 radical (unpaired) electrons. The Morgan fingerprint density at radius 2 is 1.50 bits per heavy atom. The van der Waals surface area contributed by atoms with Crippen molar-refractivity contribution in [3.8, 4) is 0 Å². The van der Waals surface area contributed by atoms with Gasteiger partial charge in [0.15, 0.2) is 0 Å². The molecule has 0 aromatic heterocycles. The second kappa shape index (κ2) is 11.8. The predicted octanol–water partition coefficient (Wildman–Crippen LogP) is 1.87. The summed E-state index contributed by atoms with van der Waals surface area (Å²) in [6, 6.07) is 0. The van der Waals surface area contributed by atoms with Crippen molar-refractivity contribution >= 4 is 62.8 Å². The Morgan fingerprint density at radius 1 is 1.00 bits per heavy atom. The van der Waals surface area contributed by atoms with Gasteiger partial charge in [-0.1, -0.05) is 0 Å². The molecule has 0 rings (SSSR count). The molecule has 0 amide bonds. The minimum absolute atomic E-state index is 0.381. The zero-order valence-electron chi connectivity index (χ0n) is 7.08. The van der Waals surface area contributed by atoms with Crippen LogP contribution in [0.4, 0.5) is 0 Å². The van der Waals surface area contributed by atoms with Gasteiger partial charge in [0, 0.05) is 0 Å². The van der Waals surface area contributed by atoms with Gasteiger partial charge in [-0.05, 0) is 0 Å². The molecule has 3 unspecified atom stereocenters. The van der Waals surface area contributed by atoms with Crippen LogP contribution in [0.1, 0.15) is 0 Å². The average Bonchev–Trinajstić information content (AvgIpc) is 2.10. The predicted molar refractivity (Wildman–Crippen MR) is 74.0 cm³/mol. The van der Waals surface area contributed by atoms with E-state index in [4.69, 9.17) is 0 Å². The van der Waals surface area contributed by atoms with Gasteiger partial charge in [-0.25, -0.2) is 0 Å². The van der Waals surface area contributed by atoms with E-state index in [0.29, 0.717) is 7.92 Å². The molecule has 6 heteroatoms. The molecule has 0 saturated carbocycles. The van der Waals surface area contributed by atoms with Gasteiger partial charge in [0.05, 0.1) is 0 Å². The fraction of sp³-hybridized carbons (Fsp3) is 1.00. The molecule has 3 atom stereocenters. The van der Waals surface area contributed by atoms with Gasteiger partial charge in [0.2, 0.25) is 0 Å². The van der Waals surface area contributed by atoms with E-state index in [0.717, 1.165) is 14.5 Å². The van der Waals surface area contributed by atoms with Gasteiger partial charge in [-0.15, -0.1) is 0 Å². The molecule has 0 spiro atoms. The summed E-state index contributed by atoms with van der Waals surface area (Å²) >= 11 is 6.25. The third-order valence-corrected chi connectivity index (χ3v) is 9.20. The van der Waals surface area contributed by atoms with Gasteiger partial charge >= 0.3 is 99.8 Å². The molecule has 0 aromatic carbocycles. The molecule has 0 saturated heterocycles. The Morgan fingerprint density at radius 3 is 1.83 bits per heavy atom. The molecular formula is C6H16P4Se2-2. The van der Waals surface area contributed by atoms with Crippen LogP contribution in [-0.2, 0) is 0 Å². The van der Waals surface area contributed by atoms with E-state index in [1.54, 1.807) is 0 Å². The summed E-state index contributed by atoms with van der Waals surface area (Å²) in [7, 11) is 5.32. The maximum atomic E-state index is 3.12. The average molecular weight is 370 g/mol. The summed E-state index contributed by atoms with van der Waals surface area (Å²) in [6.07, 6.45) is 8.62. The molecule has 74 valence electrons. The van der Waals surface area contributed by atoms with E-state index in [1.165, 1.54) is 37.0 Å². The second-order valence-corrected chi connectivity index (χ2v) is 10.9. The van der Waals surface area contributed by atoms with E-state index in [1.807, 2.05) is 0 Å². The number of rotatable bonds is 8. The first-order chi connectivity index (χ1) is 5.85. The van der Waals surface area contributed by atoms with Crippen molar-refractivity contribution < 1.29 is 0 Å². The van der Waals surface area contributed by atoms with Crippen molar-refractivity contribution in [1.82, 2.24) is 0 Å². The minimum atomic E-state index is 0.381. The standard InChI is InChI=1S/C6H16P4Se2/c7-1-4-10(5-2-8-11)6-3-9-12/h8-9H,1-7H2/q-2. The van der Waals surface area contributed by atoms with Crippen molar-refractivity contribution in [2.75, 3.05) is 37.0 Å². The van der Waals surface area contributed by atoms with E-state index in [2.05, 4.69) is 40.4 Å². The summed E-state index contributed by atoms with van der Waals surface area (Å²) in [5, 5.41) is 0. The van der Waals surface area contributed by atoms with Crippen LogP contribution in [0.2, 0.25) is 0 Å². The summed E-state index contributed by atoms with van der Waals surface area (Å²) in [5.74, 6) is 0. The molecule has 0 aromatic rings. The SMILES string of the molecule is PCCP(CCP[Se-])CCP[Se-]. The fourth-order valence-corrected chi connectivity index (χ4v) is 9.76. The first-order valence-electron chi connectivity index (χ1n) is 3.97. The van der Waals surface area contributed by atoms with E-state index in [-0.39, 0.29) is 0 Å². The Hall–Kier alpha value is 2.76. The van der Waals surface area contributed by atoms with E-state index >= 15 is 0 Å². The monoisotopic (exact) mass is 372 g/mol. The topological polar surface area (TPSA) is 0 Å². The van der Waals surface area contributed by atoms with Gasteiger partial charge in [-0.3, -0.25) is 0 Å². The van der Waals surface area contributed by atoms with Gasteiger partial charge < -0.3 is 0 Å². The van der Waals surface area contributed by atoms with Crippen molar-refractivity contribution in [1.29, 1.82) is 0 Å². The molecule has 0 aliphatic carbocycles. The van der Waals surface area contributed by atoms with Crippen molar-refractivity contribution in [3.05, 3.63) is 0 Å². The molecule has 12 heavy (non-hydrogen) atoms. The Kier molecular flexibility index (Phi) is 14.6. The molecule has 0 bridgehead atoms. The molecule has 0 N–H and O–H groups in total. The summed E-state index contributed by atoms with van der Waals surface area (Å²) in [4.78, 5) is 0. The van der Waals surface area contributed by atoms with Crippen LogP contribution in [-0.4, -0.2) is 68.1 Å². The zero-order chi connectivity index (χ0) is 9.23.